The number of ether oxygens (including phenoxy) is 1. The molecular weight excluding hydrogens is 584 g/mol. The number of alkyl carbamates (subject to hydrolysis) is 1. The molecule has 0 spiro atoms. The predicted octanol–water partition coefficient (Wildman–Crippen LogP) is -1.78. The van der Waals surface area contributed by atoms with Crippen LogP contribution in [-0.2, 0) is 44.9 Å². The van der Waals surface area contributed by atoms with Crippen molar-refractivity contribution < 1.29 is 63.5 Å². The first-order valence-electron chi connectivity index (χ1n) is 12.1. The van der Waals surface area contributed by atoms with Crippen LogP contribution in [0.5, 0.6) is 0 Å². The number of rotatable bonds is 19. The van der Waals surface area contributed by atoms with E-state index in [9.17, 15) is 43.5 Å². The molecule has 1 aromatic carbocycles. The van der Waals surface area contributed by atoms with Crippen molar-refractivity contribution in [2.45, 2.75) is 50.0 Å². The Labute approximate surface area is 243 Å². The second-order valence-electron chi connectivity index (χ2n) is 8.60. The summed E-state index contributed by atoms with van der Waals surface area (Å²) in [4.78, 5) is 94.6. The summed E-state index contributed by atoms with van der Waals surface area (Å²) in [5, 5.41) is 44.7. The molecule has 0 aliphatic rings. The van der Waals surface area contributed by atoms with Crippen molar-refractivity contribution in [3.05, 3.63) is 35.9 Å². The Morgan fingerprint density at radius 1 is 0.690 bits per heavy atom. The van der Waals surface area contributed by atoms with Gasteiger partial charge in [0.1, 0.15) is 24.7 Å². The standard InChI is InChI=1S/C24H30N4O13S/c29-17(13(6-18(30)31)28-24(40)41-10-12-4-2-1-3-5-12)9-25-14(7-19(32)33)21(36)27-16(11-42)22(37)26-15(23(38)39)8-20(34)35/h1-5,13-16,25,42H,6-11H2,(H,26,37)(H,27,36)(H,28,40)(H,30,31)(H,32,33)(H,34,35)(H,38,39)/t13-,14-,15-,16-/m0/s1. The van der Waals surface area contributed by atoms with Crippen LogP contribution in [0, 0.1) is 0 Å². The average Bonchev–Trinajstić information content (AvgIpc) is 2.91. The van der Waals surface area contributed by atoms with Gasteiger partial charge < -0.3 is 41.1 Å². The van der Waals surface area contributed by atoms with Crippen molar-refractivity contribution in [3.8, 4) is 0 Å². The molecule has 0 unspecified atom stereocenters. The minimum Gasteiger partial charge on any atom is -0.481 e. The van der Waals surface area contributed by atoms with Gasteiger partial charge in [0.2, 0.25) is 11.8 Å². The van der Waals surface area contributed by atoms with Crippen molar-refractivity contribution in [1.29, 1.82) is 0 Å². The molecule has 4 atom stereocenters. The Hall–Kier alpha value is -4.71. The summed E-state index contributed by atoms with van der Waals surface area (Å²) >= 11 is 3.89. The van der Waals surface area contributed by atoms with Crippen LogP contribution in [0.2, 0.25) is 0 Å². The summed E-state index contributed by atoms with van der Waals surface area (Å²) in [6.07, 6.45) is -3.85. The van der Waals surface area contributed by atoms with Crippen LogP contribution in [0.15, 0.2) is 30.3 Å². The average molecular weight is 615 g/mol. The number of ketones is 1. The first kappa shape index (κ1) is 35.3. The summed E-state index contributed by atoms with van der Waals surface area (Å²) in [5.74, 6) is -9.76. The van der Waals surface area contributed by atoms with Gasteiger partial charge in [-0.2, -0.15) is 12.6 Å². The van der Waals surface area contributed by atoms with Crippen molar-refractivity contribution >= 4 is 60.2 Å². The molecule has 0 fully saturated rings. The number of aliphatic carboxylic acids is 4. The largest absolute Gasteiger partial charge is 0.481 e. The highest BCUT2D eigenvalue weighted by atomic mass is 32.1. The van der Waals surface area contributed by atoms with Crippen LogP contribution >= 0.6 is 12.6 Å². The highest BCUT2D eigenvalue weighted by Crippen LogP contribution is 2.04. The number of hydrogen-bond acceptors (Lipinski definition) is 11. The van der Waals surface area contributed by atoms with Crippen molar-refractivity contribution in [2.24, 2.45) is 0 Å². The fourth-order valence-electron chi connectivity index (χ4n) is 3.22. The van der Waals surface area contributed by atoms with Crippen LogP contribution in [0.3, 0.4) is 0 Å². The zero-order valence-electron chi connectivity index (χ0n) is 21.8. The molecule has 0 radical (unpaired) electrons. The van der Waals surface area contributed by atoms with Gasteiger partial charge in [-0.05, 0) is 5.56 Å². The molecule has 8 N–H and O–H groups in total. The maximum atomic E-state index is 12.8. The van der Waals surface area contributed by atoms with Gasteiger partial charge >= 0.3 is 30.0 Å². The van der Waals surface area contributed by atoms with Gasteiger partial charge in [-0.1, -0.05) is 30.3 Å². The molecular formula is C24H30N4O13S. The number of carboxylic acid groups (broad SMARTS) is 4. The molecule has 3 amide bonds. The number of hydrogen-bond donors (Lipinski definition) is 9. The maximum absolute atomic E-state index is 12.8. The minimum absolute atomic E-state index is 0.177. The number of carbonyl (C=O) groups is 8. The number of carboxylic acids is 4. The van der Waals surface area contributed by atoms with E-state index in [1.165, 1.54) is 0 Å². The summed E-state index contributed by atoms with van der Waals surface area (Å²) in [6.45, 7) is -0.969. The molecule has 0 heterocycles. The molecule has 17 nitrogen and oxygen atoms in total. The van der Waals surface area contributed by atoms with Gasteiger partial charge in [0, 0.05) is 5.75 Å². The summed E-state index contributed by atoms with van der Waals surface area (Å²) in [6, 6.07) is 1.79. The maximum Gasteiger partial charge on any atom is 0.408 e. The Bertz CT molecular complexity index is 1160. The van der Waals surface area contributed by atoms with Crippen molar-refractivity contribution in [2.75, 3.05) is 12.3 Å². The number of carbonyl (C=O) groups excluding carboxylic acids is 4. The lowest BCUT2D eigenvalue weighted by molar-refractivity contribution is -0.147. The second kappa shape index (κ2) is 17.9. The lowest BCUT2D eigenvalue weighted by atomic mass is 10.1. The Balaban J connectivity index is 2.87. The molecule has 0 aromatic heterocycles. The Morgan fingerprint density at radius 3 is 1.71 bits per heavy atom. The molecule has 18 heteroatoms. The third-order valence-corrected chi connectivity index (χ3v) is 5.66. The first-order chi connectivity index (χ1) is 19.7. The summed E-state index contributed by atoms with van der Waals surface area (Å²) in [5.41, 5.74) is 0.617. The summed E-state index contributed by atoms with van der Waals surface area (Å²) in [7, 11) is 0. The van der Waals surface area contributed by atoms with E-state index in [4.69, 9.17) is 20.1 Å². The highest BCUT2D eigenvalue weighted by molar-refractivity contribution is 7.80. The Kier molecular flexibility index (Phi) is 15.0. The summed E-state index contributed by atoms with van der Waals surface area (Å²) < 4.78 is 4.98. The SMILES string of the molecule is O=C(O)C[C@H](NC(=O)[C@H](CS)NC(=O)[C@H](CC(=O)O)NCC(=O)[C@H](CC(=O)O)NC(=O)OCc1ccccc1)C(=O)O. The number of amides is 3. The van der Waals surface area contributed by atoms with E-state index in [-0.39, 0.29) is 6.61 Å². The molecule has 0 saturated carbocycles. The quantitative estimate of drug-likeness (QED) is 0.0779. The van der Waals surface area contributed by atoms with E-state index in [2.05, 4.69) is 28.6 Å². The van der Waals surface area contributed by atoms with Crippen LogP contribution in [0.25, 0.3) is 0 Å². The van der Waals surface area contributed by atoms with E-state index in [1.54, 1.807) is 30.3 Å². The third kappa shape index (κ3) is 13.6. The number of benzene rings is 1. The van der Waals surface area contributed by atoms with Crippen LogP contribution in [0.1, 0.15) is 24.8 Å². The van der Waals surface area contributed by atoms with Crippen molar-refractivity contribution in [3.63, 3.8) is 0 Å². The molecule has 1 rings (SSSR count). The minimum atomic E-state index is -1.84. The van der Waals surface area contributed by atoms with E-state index in [0.717, 1.165) is 0 Å². The van der Waals surface area contributed by atoms with E-state index >= 15 is 0 Å². The topological polar surface area (TPSA) is 275 Å². The number of thiol groups is 1. The fraction of sp³-hybridized carbons (Fsp3) is 0.417. The van der Waals surface area contributed by atoms with E-state index in [1.807, 2.05) is 5.32 Å². The third-order valence-electron chi connectivity index (χ3n) is 5.30. The lowest BCUT2D eigenvalue weighted by Gasteiger charge is -2.23. The van der Waals surface area contributed by atoms with Crippen LogP contribution in [-0.4, -0.2) is 104 Å². The normalized spacial score (nSPS) is 13.4. The van der Waals surface area contributed by atoms with Gasteiger partial charge in [-0.25, -0.2) is 9.59 Å². The van der Waals surface area contributed by atoms with E-state index < -0.39 is 103 Å². The smallest absolute Gasteiger partial charge is 0.408 e. The zero-order chi connectivity index (χ0) is 31.8. The first-order valence-corrected chi connectivity index (χ1v) is 12.7. The predicted molar refractivity (Wildman–Crippen MR) is 142 cm³/mol. The van der Waals surface area contributed by atoms with Crippen LogP contribution < -0.4 is 21.3 Å². The molecule has 0 aliphatic heterocycles. The molecule has 42 heavy (non-hydrogen) atoms. The number of Topliss-reactive ketones (excluding diaryl/α,β-unsaturated/α-hetero) is 1. The zero-order valence-corrected chi connectivity index (χ0v) is 22.7. The van der Waals surface area contributed by atoms with Crippen molar-refractivity contribution in [1.82, 2.24) is 21.3 Å². The van der Waals surface area contributed by atoms with Gasteiger partial charge in [-0.15, -0.1) is 0 Å². The van der Waals surface area contributed by atoms with Gasteiger partial charge in [0.15, 0.2) is 5.78 Å². The molecule has 1 aromatic rings. The highest BCUT2D eigenvalue weighted by Gasteiger charge is 2.31. The molecule has 0 aliphatic carbocycles. The molecule has 0 saturated heterocycles. The monoisotopic (exact) mass is 614 g/mol. The second-order valence-corrected chi connectivity index (χ2v) is 8.96. The van der Waals surface area contributed by atoms with Gasteiger partial charge in [0.05, 0.1) is 31.8 Å². The van der Waals surface area contributed by atoms with Crippen LogP contribution in [0.4, 0.5) is 4.79 Å². The number of nitrogens with one attached hydrogen (secondary N) is 4. The fourth-order valence-corrected chi connectivity index (χ4v) is 3.48. The molecule has 230 valence electrons. The van der Waals surface area contributed by atoms with E-state index in [0.29, 0.717) is 5.56 Å². The Morgan fingerprint density at radius 2 is 1.19 bits per heavy atom. The lowest BCUT2D eigenvalue weighted by Crippen LogP contribution is -2.57. The van der Waals surface area contributed by atoms with Gasteiger partial charge in [0.25, 0.3) is 0 Å². The van der Waals surface area contributed by atoms with Gasteiger partial charge in [-0.3, -0.25) is 34.1 Å². The molecule has 0 bridgehead atoms.